The molecule has 0 aliphatic heterocycles. The van der Waals surface area contributed by atoms with Crippen LogP contribution in [0.3, 0.4) is 0 Å². The molecule has 0 fully saturated rings. The van der Waals surface area contributed by atoms with Gasteiger partial charge in [0.2, 0.25) is 5.88 Å². The van der Waals surface area contributed by atoms with E-state index in [9.17, 15) is 10.1 Å². The van der Waals surface area contributed by atoms with Crippen molar-refractivity contribution in [3.8, 4) is 17.4 Å². The summed E-state index contributed by atoms with van der Waals surface area (Å²) in [6, 6.07) is 5.93. The second kappa shape index (κ2) is 6.04. The number of nitro groups is 1. The maximum Gasteiger partial charge on any atom is 0.314 e. The van der Waals surface area contributed by atoms with Crippen LogP contribution in [0.15, 0.2) is 24.3 Å². The summed E-state index contributed by atoms with van der Waals surface area (Å²) < 4.78 is 10.5. The quantitative estimate of drug-likeness (QED) is 0.667. The van der Waals surface area contributed by atoms with Gasteiger partial charge in [0.25, 0.3) is 0 Å². The standard InChI is InChI=1S/C13H14N4O4/c1-8-15-12(14-2)7-13(16-8)21-9-4-5-11(20-3)10(6-9)17(18)19/h4-7H,1-3H3,(H,14,15,16). The van der Waals surface area contributed by atoms with Gasteiger partial charge < -0.3 is 14.8 Å². The van der Waals surface area contributed by atoms with Crippen LogP contribution in [0.4, 0.5) is 11.5 Å². The van der Waals surface area contributed by atoms with Crippen LogP contribution in [0.25, 0.3) is 0 Å². The Hall–Kier alpha value is -2.90. The lowest BCUT2D eigenvalue weighted by Gasteiger charge is -2.08. The van der Waals surface area contributed by atoms with E-state index in [-0.39, 0.29) is 11.4 Å². The minimum Gasteiger partial charge on any atom is -0.490 e. The number of aryl methyl sites for hydroxylation is 1. The number of nitrogens with one attached hydrogen (secondary N) is 1. The summed E-state index contributed by atoms with van der Waals surface area (Å²) in [6.45, 7) is 1.73. The molecule has 1 aromatic carbocycles. The molecule has 0 aliphatic carbocycles. The van der Waals surface area contributed by atoms with Crippen molar-refractivity contribution < 1.29 is 14.4 Å². The highest BCUT2D eigenvalue weighted by Crippen LogP contribution is 2.32. The van der Waals surface area contributed by atoms with Gasteiger partial charge in [-0.3, -0.25) is 10.1 Å². The Morgan fingerprint density at radius 1 is 1.29 bits per heavy atom. The zero-order chi connectivity index (χ0) is 15.4. The van der Waals surface area contributed by atoms with Crippen LogP contribution < -0.4 is 14.8 Å². The van der Waals surface area contributed by atoms with Crippen LogP contribution in [0, 0.1) is 17.0 Å². The third kappa shape index (κ3) is 3.35. The van der Waals surface area contributed by atoms with E-state index >= 15 is 0 Å². The molecule has 8 nitrogen and oxygen atoms in total. The molecule has 0 atom stereocenters. The molecule has 0 saturated heterocycles. The van der Waals surface area contributed by atoms with Gasteiger partial charge in [0.1, 0.15) is 17.4 Å². The lowest BCUT2D eigenvalue weighted by Crippen LogP contribution is -1.99. The van der Waals surface area contributed by atoms with Gasteiger partial charge in [-0.15, -0.1) is 0 Å². The first-order valence-electron chi connectivity index (χ1n) is 6.07. The maximum atomic E-state index is 11.0. The molecule has 0 bridgehead atoms. The Bertz CT molecular complexity index is 675. The third-order valence-corrected chi connectivity index (χ3v) is 2.64. The molecule has 110 valence electrons. The summed E-state index contributed by atoms with van der Waals surface area (Å²) in [4.78, 5) is 18.7. The van der Waals surface area contributed by atoms with E-state index in [1.54, 1.807) is 26.1 Å². The van der Waals surface area contributed by atoms with Gasteiger partial charge in [-0.05, 0) is 19.1 Å². The normalized spacial score (nSPS) is 10.0. The molecule has 2 aromatic rings. The van der Waals surface area contributed by atoms with E-state index in [1.165, 1.54) is 19.2 Å². The summed E-state index contributed by atoms with van der Waals surface area (Å²) in [7, 11) is 3.10. The molecular formula is C13H14N4O4. The van der Waals surface area contributed by atoms with Gasteiger partial charge in [0, 0.05) is 13.1 Å². The van der Waals surface area contributed by atoms with E-state index in [1.807, 2.05) is 0 Å². The fourth-order valence-corrected chi connectivity index (χ4v) is 1.72. The highest BCUT2D eigenvalue weighted by atomic mass is 16.6. The SMILES string of the molecule is CNc1cc(Oc2ccc(OC)c([N+](=O)[O-])c2)nc(C)n1. The molecule has 21 heavy (non-hydrogen) atoms. The minimum absolute atomic E-state index is 0.169. The largest absolute Gasteiger partial charge is 0.490 e. The Morgan fingerprint density at radius 3 is 2.67 bits per heavy atom. The molecule has 1 N–H and O–H groups in total. The van der Waals surface area contributed by atoms with Gasteiger partial charge in [0.05, 0.1) is 18.1 Å². The molecule has 1 aromatic heterocycles. The zero-order valence-corrected chi connectivity index (χ0v) is 11.8. The fourth-order valence-electron chi connectivity index (χ4n) is 1.72. The molecule has 8 heteroatoms. The number of hydrogen-bond donors (Lipinski definition) is 1. The van der Waals surface area contributed by atoms with Gasteiger partial charge >= 0.3 is 5.69 Å². The summed E-state index contributed by atoms with van der Waals surface area (Å²) in [5.74, 6) is 1.89. The number of methoxy groups -OCH3 is 1. The summed E-state index contributed by atoms with van der Waals surface area (Å²) in [5, 5.41) is 13.9. The predicted octanol–water partition coefficient (Wildman–Crippen LogP) is 2.54. The van der Waals surface area contributed by atoms with Crippen molar-refractivity contribution in [1.29, 1.82) is 0 Å². The topological polar surface area (TPSA) is 99.4 Å². The smallest absolute Gasteiger partial charge is 0.314 e. The predicted molar refractivity (Wildman–Crippen MR) is 76.0 cm³/mol. The van der Waals surface area contributed by atoms with E-state index < -0.39 is 4.92 Å². The lowest BCUT2D eigenvalue weighted by molar-refractivity contribution is -0.385. The Kier molecular flexibility index (Phi) is 4.17. The van der Waals surface area contributed by atoms with Crippen LogP contribution in [-0.4, -0.2) is 29.0 Å². The number of aromatic nitrogens is 2. The van der Waals surface area contributed by atoms with Crippen molar-refractivity contribution >= 4 is 11.5 Å². The van der Waals surface area contributed by atoms with E-state index in [0.29, 0.717) is 23.3 Å². The lowest BCUT2D eigenvalue weighted by atomic mass is 10.3. The number of nitrogens with zero attached hydrogens (tertiary/aromatic N) is 3. The number of nitro benzene ring substituents is 1. The summed E-state index contributed by atoms with van der Waals surface area (Å²) in [6.07, 6.45) is 0. The molecule has 0 saturated carbocycles. The van der Waals surface area contributed by atoms with Gasteiger partial charge in [0.15, 0.2) is 5.75 Å². The van der Waals surface area contributed by atoms with Crippen LogP contribution in [0.1, 0.15) is 5.82 Å². The van der Waals surface area contributed by atoms with Crippen molar-refractivity contribution in [1.82, 2.24) is 9.97 Å². The Morgan fingerprint density at radius 2 is 2.05 bits per heavy atom. The monoisotopic (exact) mass is 290 g/mol. The molecule has 2 rings (SSSR count). The minimum atomic E-state index is -0.532. The molecule has 0 unspecified atom stereocenters. The molecule has 0 radical (unpaired) electrons. The van der Waals surface area contributed by atoms with Crippen molar-refractivity contribution in [2.75, 3.05) is 19.5 Å². The third-order valence-electron chi connectivity index (χ3n) is 2.64. The van der Waals surface area contributed by atoms with E-state index in [2.05, 4.69) is 15.3 Å². The maximum absolute atomic E-state index is 11.0. The molecule has 0 amide bonds. The Labute approximate surface area is 120 Å². The number of hydrogen-bond acceptors (Lipinski definition) is 7. The summed E-state index contributed by atoms with van der Waals surface area (Å²) >= 11 is 0. The van der Waals surface area contributed by atoms with Crippen molar-refractivity contribution in [2.45, 2.75) is 6.92 Å². The van der Waals surface area contributed by atoms with Crippen LogP contribution in [0.5, 0.6) is 17.4 Å². The highest BCUT2D eigenvalue weighted by Gasteiger charge is 2.16. The average Bonchev–Trinajstić information content (AvgIpc) is 2.46. The molecule has 0 aliphatic rings. The molecule has 0 spiro atoms. The van der Waals surface area contributed by atoms with Gasteiger partial charge in [-0.25, -0.2) is 4.98 Å². The molecular weight excluding hydrogens is 276 g/mol. The number of anilines is 1. The number of ether oxygens (including phenoxy) is 2. The first-order valence-corrected chi connectivity index (χ1v) is 6.07. The zero-order valence-electron chi connectivity index (χ0n) is 11.8. The van der Waals surface area contributed by atoms with E-state index in [0.717, 1.165) is 0 Å². The van der Waals surface area contributed by atoms with Crippen LogP contribution >= 0.6 is 0 Å². The highest BCUT2D eigenvalue weighted by molar-refractivity contribution is 5.51. The van der Waals surface area contributed by atoms with Crippen molar-refractivity contribution in [3.63, 3.8) is 0 Å². The van der Waals surface area contributed by atoms with Gasteiger partial charge in [-0.2, -0.15) is 4.98 Å². The second-order valence-corrected chi connectivity index (χ2v) is 4.08. The number of rotatable bonds is 5. The number of benzene rings is 1. The van der Waals surface area contributed by atoms with Gasteiger partial charge in [-0.1, -0.05) is 0 Å². The first-order chi connectivity index (χ1) is 10.0. The van der Waals surface area contributed by atoms with Crippen molar-refractivity contribution in [3.05, 3.63) is 40.2 Å². The van der Waals surface area contributed by atoms with Crippen molar-refractivity contribution in [2.24, 2.45) is 0 Å². The van der Waals surface area contributed by atoms with E-state index in [4.69, 9.17) is 9.47 Å². The van der Waals surface area contributed by atoms with Crippen LogP contribution in [0.2, 0.25) is 0 Å². The second-order valence-electron chi connectivity index (χ2n) is 4.08. The van der Waals surface area contributed by atoms with Crippen LogP contribution in [-0.2, 0) is 0 Å². The Balaban J connectivity index is 2.33. The fraction of sp³-hybridized carbons (Fsp3) is 0.231. The summed E-state index contributed by atoms with van der Waals surface area (Å²) in [5.41, 5.74) is -0.172. The average molecular weight is 290 g/mol. The first kappa shape index (κ1) is 14.5. The molecule has 1 heterocycles.